The first-order valence-electron chi connectivity index (χ1n) is 7.43. The lowest BCUT2D eigenvalue weighted by Gasteiger charge is -2.26. The van der Waals surface area contributed by atoms with Crippen LogP contribution in [0.15, 0.2) is 24.3 Å². The molecule has 5 N–H and O–H groups in total. The summed E-state index contributed by atoms with van der Waals surface area (Å²) < 4.78 is 37.7. The zero-order valence-corrected chi connectivity index (χ0v) is 13.3. The van der Waals surface area contributed by atoms with Crippen LogP contribution in [-0.4, -0.2) is 47.3 Å². The molecule has 0 unspecified atom stereocenters. The third-order valence-corrected chi connectivity index (χ3v) is 3.88. The number of fused-ring (bicyclic) bond motifs is 1. The van der Waals surface area contributed by atoms with Gasteiger partial charge in [-0.1, -0.05) is 18.2 Å². The standard InChI is InChI=1S/C13H15N3O3.C2HF3O2/c14-11(17)9-5-13(7-16-9)12(18)15-6-8-3-1-2-4-10(8)19-13;3-2(4,5)1(6)7/h1-4,9,16H,5-7H2,(H2,14,17)(H,15,18);(H,6,7)/t9-,13+;/m0./s1. The van der Waals surface area contributed by atoms with Crippen molar-refractivity contribution in [1.29, 1.82) is 0 Å². The Kier molecular flexibility index (Phi) is 5.40. The summed E-state index contributed by atoms with van der Waals surface area (Å²) in [5, 5.41) is 12.9. The molecule has 142 valence electrons. The quantitative estimate of drug-likeness (QED) is 0.543. The van der Waals surface area contributed by atoms with E-state index in [1.54, 1.807) is 0 Å². The number of carbonyl (C=O) groups is 3. The molecule has 0 bridgehead atoms. The number of benzene rings is 1. The fourth-order valence-electron chi connectivity index (χ4n) is 2.56. The van der Waals surface area contributed by atoms with E-state index in [0.29, 0.717) is 12.3 Å². The van der Waals surface area contributed by atoms with Crippen molar-refractivity contribution in [1.82, 2.24) is 10.6 Å². The van der Waals surface area contributed by atoms with Crippen LogP contribution in [0.3, 0.4) is 0 Å². The number of hydrogen-bond donors (Lipinski definition) is 4. The molecule has 1 aromatic rings. The Morgan fingerprint density at radius 3 is 2.46 bits per heavy atom. The van der Waals surface area contributed by atoms with Gasteiger partial charge in [0, 0.05) is 25.1 Å². The Labute approximate surface area is 145 Å². The van der Waals surface area contributed by atoms with Crippen LogP contribution in [0.25, 0.3) is 0 Å². The van der Waals surface area contributed by atoms with Crippen LogP contribution in [0.2, 0.25) is 0 Å². The number of hydrogen-bond acceptors (Lipinski definition) is 5. The van der Waals surface area contributed by atoms with Gasteiger partial charge in [-0.25, -0.2) is 4.79 Å². The van der Waals surface area contributed by atoms with Crippen molar-refractivity contribution in [2.75, 3.05) is 6.54 Å². The zero-order chi connectivity index (χ0) is 19.5. The minimum absolute atomic E-state index is 0.208. The highest BCUT2D eigenvalue weighted by atomic mass is 19.4. The Bertz CT molecular complexity index is 725. The van der Waals surface area contributed by atoms with Gasteiger partial charge in [0.2, 0.25) is 11.5 Å². The minimum Gasteiger partial charge on any atom is -0.476 e. The molecule has 2 amide bonds. The maximum absolute atomic E-state index is 12.2. The summed E-state index contributed by atoms with van der Waals surface area (Å²) >= 11 is 0. The van der Waals surface area contributed by atoms with Gasteiger partial charge in [-0.05, 0) is 6.07 Å². The number of carboxylic acids is 1. The van der Waals surface area contributed by atoms with Gasteiger partial charge >= 0.3 is 12.1 Å². The second-order valence-electron chi connectivity index (χ2n) is 5.73. The molecule has 1 spiro atoms. The average Bonchev–Trinajstić information content (AvgIpc) is 2.93. The minimum atomic E-state index is -5.08. The molecule has 0 saturated carbocycles. The number of rotatable bonds is 1. The van der Waals surface area contributed by atoms with Crippen LogP contribution in [0.5, 0.6) is 5.75 Å². The first kappa shape index (κ1) is 19.5. The highest BCUT2D eigenvalue weighted by Gasteiger charge is 2.50. The smallest absolute Gasteiger partial charge is 0.476 e. The Balaban J connectivity index is 0.000000298. The number of primary amides is 1. The van der Waals surface area contributed by atoms with E-state index in [1.165, 1.54) is 0 Å². The number of nitrogens with one attached hydrogen (secondary N) is 2. The molecule has 26 heavy (non-hydrogen) atoms. The van der Waals surface area contributed by atoms with Crippen molar-refractivity contribution < 1.29 is 37.4 Å². The number of carboxylic acid groups (broad SMARTS) is 1. The molecule has 0 radical (unpaired) electrons. The van der Waals surface area contributed by atoms with Crippen molar-refractivity contribution in [3.05, 3.63) is 29.8 Å². The summed E-state index contributed by atoms with van der Waals surface area (Å²) in [7, 11) is 0. The van der Waals surface area contributed by atoms with Crippen LogP contribution in [0, 0.1) is 0 Å². The molecule has 2 aliphatic heterocycles. The number of nitrogens with two attached hydrogens (primary N) is 1. The molecule has 1 aromatic carbocycles. The van der Waals surface area contributed by atoms with E-state index in [9.17, 15) is 22.8 Å². The number of alkyl halides is 3. The lowest BCUT2D eigenvalue weighted by Crippen LogP contribution is -2.51. The van der Waals surface area contributed by atoms with Crippen molar-refractivity contribution in [3.63, 3.8) is 0 Å². The zero-order valence-electron chi connectivity index (χ0n) is 13.3. The molecular weight excluding hydrogens is 359 g/mol. The second-order valence-corrected chi connectivity index (χ2v) is 5.73. The van der Waals surface area contributed by atoms with Crippen molar-refractivity contribution in [2.24, 2.45) is 5.73 Å². The fourth-order valence-corrected chi connectivity index (χ4v) is 2.56. The maximum Gasteiger partial charge on any atom is 0.490 e. The van der Waals surface area contributed by atoms with Crippen LogP contribution >= 0.6 is 0 Å². The van der Waals surface area contributed by atoms with Gasteiger partial charge < -0.3 is 26.2 Å². The molecule has 1 saturated heterocycles. The number of amides is 2. The van der Waals surface area contributed by atoms with E-state index >= 15 is 0 Å². The molecule has 2 heterocycles. The van der Waals surface area contributed by atoms with Crippen LogP contribution < -0.4 is 21.1 Å². The first-order chi connectivity index (χ1) is 12.0. The van der Waals surface area contributed by atoms with Gasteiger partial charge in [0.1, 0.15) is 5.75 Å². The lowest BCUT2D eigenvalue weighted by molar-refractivity contribution is -0.192. The maximum atomic E-state index is 12.2. The summed E-state index contributed by atoms with van der Waals surface area (Å²) in [6.07, 6.45) is -4.83. The lowest BCUT2D eigenvalue weighted by atomic mass is 9.98. The fraction of sp³-hybridized carbons (Fsp3) is 0.400. The third kappa shape index (κ3) is 4.23. The third-order valence-electron chi connectivity index (χ3n) is 3.88. The Hall–Kier alpha value is -2.82. The second kappa shape index (κ2) is 7.20. The SMILES string of the molecule is NC(=O)[C@@H]1C[C@]2(CN1)Oc1ccccc1CNC2=O.O=C(O)C(F)(F)F. The predicted octanol–water partition coefficient (Wildman–Crippen LogP) is -0.0855. The van der Waals surface area contributed by atoms with Crippen LogP contribution in [0.1, 0.15) is 12.0 Å². The van der Waals surface area contributed by atoms with Crippen LogP contribution in [0.4, 0.5) is 13.2 Å². The number of para-hydroxylation sites is 1. The summed E-state index contributed by atoms with van der Waals surface area (Å²) in [5.74, 6) is -2.76. The van der Waals surface area contributed by atoms with Crippen molar-refractivity contribution in [2.45, 2.75) is 30.8 Å². The van der Waals surface area contributed by atoms with Gasteiger partial charge in [-0.3, -0.25) is 9.59 Å². The predicted molar refractivity (Wildman–Crippen MR) is 80.9 cm³/mol. The number of carbonyl (C=O) groups excluding carboxylic acids is 2. The van der Waals surface area contributed by atoms with E-state index in [2.05, 4.69) is 10.6 Å². The summed E-state index contributed by atoms with van der Waals surface area (Å²) in [5.41, 5.74) is 5.16. The van der Waals surface area contributed by atoms with Gasteiger partial charge in [0.25, 0.3) is 5.91 Å². The van der Waals surface area contributed by atoms with Gasteiger partial charge in [0.05, 0.1) is 6.04 Å². The van der Waals surface area contributed by atoms with Gasteiger partial charge in [-0.2, -0.15) is 13.2 Å². The number of aliphatic carboxylic acids is 1. The first-order valence-corrected chi connectivity index (χ1v) is 7.43. The topological polar surface area (TPSA) is 131 Å². The van der Waals surface area contributed by atoms with Crippen molar-refractivity contribution >= 4 is 17.8 Å². The number of ether oxygens (including phenoxy) is 1. The van der Waals surface area contributed by atoms with E-state index in [4.69, 9.17) is 20.4 Å². The molecule has 2 atom stereocenters. The van der Waals surface area contributed by atoms with E-state index < -0.39 is 29.7 Å². The highest BCUT2D eigenvalue weighted by molar-refractivity contribution is 5.90. The molecule has 11 heteroatoms. The van der Waals surface area contributed by atoms with Gasteiger partial charge in [-0.15, -0.1) is 0 Å². The molecule has 8 nitrogen and oxygen atoms in total. The number of halogens is 3. The molecule has 0 aliphatic carbocycles. The molecule has 3 rings (SSSR count). The Morgan fingerprint density at radius 2 is 1.92 bits per heavy atom. The molecule has 2 aliphatic rings. The molecular formula is C15H16F3N3O5. The highest BCUT2D eigenvalue weighted by Crippen LogP contribution is 2.31. The molecule has 1 fully saturated rings. The van der Waals surface area contributed by atoms with Gasteiger partial charge in [0.15, 0.2) is 0 Å². The molecule has 0 aromatic heterocycles. The Morgan fingerprint density at radius 1 is 1.31 bits per heavy atom. The summed E-state index contributed by atoms with van der Waals surface area (Å²) in [4.78, 5) is 32.4. The summed E-state index contributed by atoms with van der Waals surface area (Å²) in [6, 6.07) is 6.95. The van der Waals surface area contributed by atoms with E-state index in [0.717, 1.165) is 5.56 Å². The normalized spacial score (nSPS) is 24.4. The monoisotopic (exact) mass is 375 g/mol. The summed E-state index contributed by atoms with van der Waals surface area (Å²) in [6.45, 7) is 0.707. The average molecular weight is 375 g/mol. The van der Waals surface area contributed by atoms with Crippen LogP contribution in [-0.2, 0) is 20.9 Å². The van der Waals surface area contributed by atoms with Crippen molar-refractivity contribution in [3.8, 4) is 5.75 Å². The van der Waals surface area contributed by atoms with E-state index in [1.807, 2.05) is 24.3 Å². The van der Waals surface area contributed by atoms with E-state index in [-0.39, 0.29) is 18.9 Å². The largest absolute Gasteiger partial charge is 0.490 e.